The van der Waals surface area contributed by atoms with Gasteiger partial charge in [-0.3, -0.25) is 14.9 Å². The molecule has 138 valence electrons. The molecule has 0 unspecified atom stereocenters. The SMILES string of the molecule is CC(=O)NCCNc1nc(NCc2ccc(Cl)c(Cl)c2)ccc1[N+](=O)[O-]. The van der Waals surface area contributed by atoms with Crippen molar-refractivity contribution >= 4 is 46.4 Å². The number of pyridine rings is 1. The minimum Gasteiger partial charge on any atom is -0.366 e. The smallest absolute Gasteiger partial charge is 0.311 e. The van der Waals surface area contributed by atoms with Crippen molar-refractivity contribution in [2.24, 2.45) is 0 Å². The zero-order chi connectivity index (χ0) is 19.1. The number of carbonyl (C=O) groups excluding carboxylic acids is 1. The Kier molecular flexibility index (Phi) is 6.99. The molecule has 2 rings (SSSR count). The molecule has 0 atom stereocenters. The van der Waals surface area contributed by atoms with Crippen LogP contribution in [0, 0.1) is 10.1 Å². The third kappa shape index (κ3) is 5.75. The summed E-state index contributed by atoms with van der Waals surface area (Å²) in [4.78, 5) is 25.7. The second kappa shape index (κ2) is 9.21. The van der Waals surface area contributed by atoms with E-state index in [1.807, 2.05) is 6.07 Å². The summed E-state index contributed by atoms with van der Waals surface area (Å²) in [6.45, 7) is 2.46. The second-order valence-corrected chi connectivity index (χ2v) is 6.15. The van der Waals surface area contributed by atoms with Crippen LogP contribution in [0.1, 0.15) is 12.5 Å². The molecule has 0 fully saturated rings. The van der Waals surface area contributed by atoms with Gasteiger partial charge in [-0.1, -0.05) is 29.3 Å². The van der Waals surface area contributed by atoms with E-state index in [0.717, 1.165) is 5.56 Å². The molecule has 1 aromatic heterocycles. The van der Waals surface area contributed by atoms with Crippen molar-refractivity contribution in [1.82, 2.24) is 10.3 Å². The molecule has 2 aromatic rings. The van der Waals surface area contributed by atoms with E-state index in [1.165, 1.54) is 19.1 Å². The number of carbonyl (C=O) groups is 1. The first-order valence-electron chi connectivity index (χ1n) is 7.68. The predicted molar refractivity (Wildman–Crippen MR) is 102 cm³/mol. The molecule has 1 aromatic carbocycles. The maximum absolute atomic E-state index is 11.1. The van der Waals surface area contributed by atoms with Crippen LogP contribution in [0.2, 0.25) is 10.0 Å². The van der Waals surface area contributed by atoms with Crippen molar-refractivity contribution in [3.8, 4) is 0 Å². The highest BCUT2D eigenvalue weighted by molar-refractivity contribution is 6.42. The van der Waals surface area contributed by atoms with Gasteiger partial charge in [0.1, 0.15) is 5.82 Å². The molecule has 0 radical (unpaired) electrons. The summed E-state index contributed by atoms with van der Waals surface area (Å²) >= 11 is 11.9. The van der Waals surface area contributed by atoms with Crippen LogP contribution in [-0.2, 0) is 11.3 Å². The maximum atomic E-state index is 11.1. The summed E-state index contributed by atoms with van der Waals surface area (Å²) in [5, 5.41) is 20.6. The highest BCUT2D eigenvalue weighted by atomic mass is 35.5. The normalized spacial score (nSPS) is 10.3. The fourth-order valence-corrected chi connectivity index (χ4v) is 2.41. The Hall–Kier alpha value is -2.58. The van der Waals surface area contributed by atoms with Gasteiger partial charge in [0.05, 0.1) is 15.0 Å². The first kappa shape index (κ1) is 19.7. The molecule has 0 bridgehead atoms. The molecule has 0 saturated heterocycles. The Morgan fingerprint density at radius 3 is 2.58 bits per heavy atom. The molecule has 1 amide bonds. The third-order valence-corrected chi connectivity index (χ3v) is 4.06. The van der Waals surface area contributed by atoms with Crippen molar-refractivity contribution in [1.29, 1.82) is 0 Å². The standard InChI is InChI=1S/C16H17Cl2N5O3/c1-10(24)19-6-7-20-16-14(23(25)26)4-5-15(22-16)21-9-11-2-3-12(17)13(18)8-11/h2-5,8H,6-7,9H2,1H3,(H,19,24)(H2,20,21,22). The van der Waals surface area contributed by atoms with Gasteiger partial charge < -0.3 is 16.0 Å². The first-order chi connectivity index (χ1) is 12.4. The van der Waals surface area contributed by atoms with Crippen molar-refractivity contribution < 1.29 is 9.72 Å². The number of aromatic nitrogens is 1. The number of rotatable bonds is 8. The van der Waals surface area contributed by atoms with Crippen LogP contribution < -0.4 is 16.0 Å². The molecule has 0 aliphatic carbocycles. The van der Waals surface area contributed by atoms with Crippen molar-refractivity contribution in [2.75, 3.05) is 23.7 Å². The molecule has 0 saturated carbocycles. The largest absolute Gasteiger partial charge is 0.366 e. The Bertz CT molecular complexity index is 816. The number of nitrogens with one attached hydrogen (secondary N) is 3. The van der Waals surface area contributed by atoms with Crippen LogP contribution in [0.3, 0.4) is 0 Å². The van der Waals surface area contributed by atoms with Gasteiger partial charge in [0, 0.05) is 32.6 Å². The molecule has 26 heavy (non-hydrogen) atoms. The van der Waals surface area contributed by atoms with E-state index in [9.17, 15) is 14.9 Å². The molecule has 3 N–H and O–H groups in total. The number of nitro groups is 1. The first-order valence-corrected chi connectivity index (χ1v) is 8.44. The van der Waals surface area contributed by atoms with Crippen LogP contribution in [-0.4, -0.2) is 28.9 Å². The van der Waals surface area contributed by atoms with Crippen molar-refractivity contribution in [3.63, 3.8) is 0 Å². The number of halogens is 2. The lowest BCUT2D eigenvalue weighted by atomic mass is 10.2. The summed E-state index contributed by atoms with van der Waals surface area (Å²) in [5.41, 5.74) is 0.743. The lowest BCUT2D eigenvalue weighted by Gasteiger charge is -2.10. The van der Waals surface area contributed by atoms with Crippen LogP contribution in [0.25, 0.3) is 0 Å². The van der Waals surface area contributed by atoms with Crippen molar-refractivity contribution in [3.05, 3.63) is 56.1 Å². The number of hydrogen-bond acceptors (Lipinski definition) is 6. The van der Waals surface area contributed by atoms with Gasteiger partial charge in [-0.25, -0.2) is 4.98 Å². The van der Waals surface area contributed by atoms with Gasteiger partial charge in [0.15, 0.2) is 0 Å². The molecule has 0 spiro atoms. The lowest BCUT2D eigenvalue weighted by molar-refractivity contribution is -0.384. The molecule has 0 aliphatic rings. The molecular weight excluding hydrogens is 381 g/mol. The molecule has 0 aliphatic heterocycles. The highest BCUT2D eigenvalue weighted by Gasteiger charge is 2.15. The van der Waals surface area contributed by atoms with Crippen LogP contribution in [0.15, 0.2) is 30.3 Å². The summed E-state index contributed by atoms with van der Waals surface area (Å²) in [7, 11) is 0. The van der Waals surface area contributed by atoms with Crippen LogP contribution >= 0.6 is 23.2 Å². The molecule has 10 heteroatoms. The number of benzene rings is 1. The Morgan fingerprint density at radius 1 is 1.15 bits per heavy atom. The molecule has 8 nitrogen and oxygen atoms in total. The fraction of sp³-hybridized carbons (Fsp3) is 0.250. The van der Waals surface area contributed by atoms with Gasteiger partial charge in [-0.15, -0.1) is 0 Å². The average molecular weight is 398 g/mol. The summed E-state index contributed by atoms with van der Waals surface area (Å²) in [6, 6.07) is 8.13. The zero-order valence-corrected chi connectivity index (χ0v) is 15.4. The van der Waals surface area contributed by atoms with Gasteiger partial charge >= 0.3 is 5.69 Å². The van der Waals surface area contributed by atoms with E-state index in [1.54, 1.807) is 12.1 Å². The number of nitrogens with zero attached hydrogens (tertiary/aromatic N) is 2. The summed E-state index contributed by atoms with van der Waals surface area (Å²) < 4.78 is 0. The number of amides is 1. The number of anilines is 2. The topological polar surface area (TPSA) is 109 Å². The third-order valence-electron chi connectivity index (χ3n) is 3.32. The summed E-state index contributed by atoms with van der Waals surface area (Å²) in [5.74, 6) is 0.412. The monoisotopic (exact) mass is 397 g/mol. The van der Waals surface area contributed by atoms with E-state index in [2.05, 4.69) is 20.9 Å². The minimum atomic E-state index is -0.517. The zero-order valence-electron chi connectivity index (χ0n) is 13.9. The van der Waals surface area contributed by atoms with Crippen LogP contribution in [0.5, 0.6) is 0 Å². The van der Waals surface area contributed by atoms with E-state index in [4.69, 9.17) is 23.2 Å². The minimum absolute atomic E-state index is 0.125. The molecular formula is C16H17Cl2N5O3. The van der Waals surface area contributed by atoms with Gasteiger partial charge in [0.2, 0.25) is 11.7 Å². The number of hydrogen-bond donors (Lipinski definition) is 3. The fourth-order valence-electron chi connectivity index (χ4n) is 2.09. The van der Waals surface area contributed by atoms with E-state index in [0.29, 0.717) is 35.5 Å². The van der Waals surface area contributed by atoms with E-state index < -0.39 is 4.92 Å². The maximum Gasteiger partial charge on any atom is 0.311 e. The Morgan fingerprint density at radius 2 is 1.92 bits per heavy atom. The van der Waals surface area contributed by atoms with E-state index >= 15 is 0 Å². The molecule has 1 heterocycles. The Labute approximate surface area is 160 Å². The van der Waals surface area contributed by atoms with Gasteiger partial charge in [-0.05, 0) is 23.8 Å². The second-order valence-electron chi connectivity index (χ2n) is 5.33. The van der Waals surface area contributed by atoms with Gasteiger partial charge in [0.25, 0.3) is 0 Å². The predicted octanol–water partition coefficient (Wildman–Crippen LogP) is 3.46. The average Bonchev–Trinajstić information content (AvgIpc) is 2.59. The van der Waals surface area contributed by atoms with Gasteiger partial charge in [-0.2, -0.15) is 0 Å². The quantitative estimate of drug-likeness (QED) is 0.357. The Balaban J connectivity index is 2.06. The summed E-state index contributed by atoms with van der Waals surface area (Å²) in [6.07, 6.45) is 0. The van der Waals surface area contributed by atoms with E-state index in [-0.39, 0.29) is 17.4 Å². The van der Waals surface area contributed by atoms with Crippen molar-refractivity contribution in [2.45, 2.75) is 13.5 Å². The lowest BCUT2D eigenvalue weighted by Crippen LogP contribution is -2.26. The van der Waals surface area contributed by atoms with Crippen LogP contribution in [0.4, 0.5) is 17.3 Å². The highest BCUT2D eigenvalue weighted by Crippen LogP contribution is 2.25.